The van der Waals surface area contributed by atoms with E-state index in [0.29, 0.717) is 0 Å². The Morgan fingerprint density at radius 1 is 1.24 bits per heavy atom. The molecule has 0 amide bonds. The molecule has 2 aromatic rings. The number of rotatable bonds is 3. The SMILES string of the molecule is CC(C)C1CCN(c2nc(CO)cc3ccccc23)CC1. The van der Waals surface area contributed by atoms with Gasteiger partial charge >= 0.3 is 0 Å². The van der Waals surface area contributed by atoms with Gasteiger partial charge in [0.05, 0.1) is 12.3 Å². The Morgan fingerprint density at radius 3 is 2.62 bits per heavy atom. The maximum Gasteiger partial charge on any atom is 0.136 e. The van der Waals surface area contributed by atoms with Crippen LogP contribution in [0.2, 0.25) is 0 Å². The maximum atomic E-state index is 9.45. The Labute approximate surface area is 126 Å². The molecule has 112 valence electrons. The minimum Gasteiger partial charge on any atom is -0.390 e. The summed E-state index contributed by atoms with van der Waals surface area (Å²) in [6.07, 6.45) is 2.47. The third-order valence-corrected chi connectivity index (χ3v) is 4.72. The van der Waals surface area contributed by atoms with Gasteiger partial charge in [-0.25, -0.2) is 4.98 Å². The van der Waals surface area contributed by atoms with Crippen molar-refractivity contribution in [3.8, 4) is 0 Å². The molecular formula is C18H24N2O. The summed E-state index contributed by atoms with van der Waals surface area (Å²) in [4.78, 5) is 7.08. The second-order valence-corrected chi connectivity index (χ2v) is 6.38. The molecule has 1 aromatic carbocycles. The Balaban J connectivity index is 1.93. The topological polar surface area (TPSA) is 36.4 Å². The molecule has 21 heavy (non-hydrogen) atoms. The highest BCUT2D eigenvalue weighted by molar-refractivity contribution is 5.92. The van der Waals surface area contributed by atoms with Crippen molar-refractivity contribution in [3.05, 3.63) is 36.0 Å². The smallest absolute Gasteiger partial charge is 0.136 e. The van der Waals surface area contributed by atoms with Crippen molar-refractivity contribution in [1.82, 2.24) is 4.98 Å². The predicted octanol–water partition coefficient (Wildman–Crippen LogP) is 3.60. The molecule has 1 N–H and O–H groups in total. The van der Waals surface area contributed by atoms with Gasteiger partial charge in [0, 0.05) is 18.5 Å². The average Bonchev–Trinajstić information content (AvgIpc) is 2.53. The normalized spacial score (nSPS) is 16.9. The molecule has 2 heterocycles. The van der Waals surface area contributed by atoms with Gasteiger partial charge in [0.15, 0.2) is 0 Å². The zero-order valence-electron chi connectivity index (χ0n) is 12.9. The molecule has 0 saturated carbocycles. The Morgan fingerprint density at radius 2 is 1.95 bits per heavy atom. The number of fused-ring (bicyclic) bond motifs is 1. The molecule has 0 aliphatic carbocycles. The van der Waals surface area contributed by atoms with E-state index in [4.69, 9.17) is 0 Å². The molecule has 0 bridgehead atoms. The van der Waals surface area contributed by atoms with E-state index in [2.05, 4.69) is 41.9 Å². The molecule has 1 aliphatic rings. The molecule has 3 rings (SSSR count). The molecule has 1 saturated heterocycles. The number of hydrogen-bond acceptors (Lipinski definition) is 3. The molecule has 1 fully saturated rings. The summed E-state index contributed by atoms with van der Waals surface area (Å²) in [5.41, 5.74) is 0.759. The highest BCUT2D eigenvalue weighted by Gasteiger charge is 2.23. The highest BCUT2D eigenvalue weighted by Crippen LogP contribution is 2.31. The van der Waals surface area contributed by atoms with Gasteiger partial charge in [-0.05, 0) is 36.1 Å². The van der Waals surface area contributed by atoms with Gasteiger partial charge in [0.1, 0.15) is 5.82 Å². The Hall–Kier alpha value is -1.61. The van der Waals surface area contributed by atoms with Crippen molar-refractivity contribution in [2.24, 2.45) is 11.8 Å². The van der Waals surface area contributed by atoms with Crippen molar-refractivity contribution >= 4 is 16.6 Å². The summed E-state index contributed by atoms with van der Waals surface area (Å²) in [7, 11) is 0. The fourth-order valence-electron chi connectivity index (χ4n) is 3.33. The number of nitrogens with zero attached hydrogens (tertiary/aromatic N) is 2. The van der Waals surface area contributed by atoms with Crippen LogP contribution in [0, 0.1) is 11.8 Å². The van der Waals surface area contributed by atoms with Crippen molar-refractivity contribution in [2.45, 2.75) is 33.3 Å². The van der Waals surface area contributed by atoms with Crippen LogP contribution >= 0.6 is 0 Å². The second-order valence-electron chi connectivity index (χ2n) is 6.38. The lowest BCUT2D eigenvalue weighted by molar-refractivity contribution is 0.276. The number of aromatic nitrogens is 1. The van der Waals surface area contributed by atoms with Crippen LogP contribution in [0.3, 0.4) is 0 Å². The van der Waals surface area contributed by atoms with E-state index in [1.807, 2.05) is 12.1 Å². The molecule has 0 atom stereocenters. The lowest BCUT2D eigenvalue weighted by Crippen LogP contribution is -2.36. The van der Waals surface area contributed by atoms with E-state index in [-0.39, 0.29) is 6.61 Å². The van der Waals surface area contributed by atoms with Gasteiger partial charge in [-0.3, -0.25) is 0 Å². The number of aliphatic hydroxyl groups excluding tert-OH is 1. The van der Waals surface area contributed by atoms with E-state index < -0.39 is 0 Å². The van der Waals surface area contributed by atoms with Gasteiger partial charge in [-0.2, -0.15) is 0 Å². The molecule has 3 heteroatoms. The molecule has 1 aliphatic heterocycles. The quantitative estimate of drug-likeness (QED) is 0.935. The van der Waals surface area contributed by atoms with E-state index in [9.17, 15) is 5.11 Å². The fraction of sp³-hybridized carbons (Fsp3) is 0.500. The first kappa shape index (κ1) is 14.3. The molecule has 0 spiro atoms. The molecule has 0 unspecified atom stereocenters. The number of anilines is 1. The number of aliphatic hydroxyl groups is 1. The third-order valence-electron chi connectivity index (χ3n) is 4.72. The van der Waals surface area contributed by atoms with Crippen LogP contribution in [-0.2, 0) is 6.61 Å². The first-order chi connectivity index (χ1) is 10.2. The van der Waals surface area contributed by atoms with E-state index in [1.165, 1.54) is 18.2 Å². The van der Waals surface area contributed by atoms with Gasteiger partial charge in [0.25, 0.3) is 0 Å². The minimum atomic E-state index is 0.000291. The van der Waals surface area contributed by atoms with Crippen molar-refractivity contribution in [2.75, 3.05) is 18.0 Å². The summed E-state index contributed by atoms with van der Waals surface area (Å²) < 4.78 is 0. The lowest BCUT2D eigenvalue weighted by Gasteiger charge is -2.35. The summed E-state index contributed by atoms with van der Waals surface area (Å²) in [6.45, 7) is 6.77. The number of hydrogen-bond donors (Lipinski definition) is 1. The summed E-state index contributed by atoms with van der Waals surface area (Å²) in [5.74, 6) is 2.63. The van der Waals surface area contributed by atoms with Gasteiger partial charge < -0.3 is 10.0 Å². The van der Waals surface area contributed by atoms with Crippen molar-refractivity contribution < 1.29 is 5.11 Å². The van der Waals surface area contributed by atoms with Crippen LogP contribution in [0.5, 0.6) is 0 Å². The van der Waals surface area contributed by atoms with Gasteiger partial charge in [-0.1, -0.05) is 38.1 Å². The van der Waals surface area contributed by atoms with E-state index >= 15 is 0 Å². The number of benzene rings is 1. The molecule has 1 aromatic heterocycles. The number of piperidine rings is 1. The first-order valence-corrected chi connectivity index (χ1v) is 7.93. The minimum absolute atomic E-state index is 0.000291. The fourth-order valence-corrected chi connectivity index (χ4v) is 3.33. The van der Waals surface area contributed by atoms with Crippen LogP contribution in [0.15, 0.2) is 30.3 Å². The first-order valence-electron chi connectivity index (χ1n) is 7.93. The third kappa shape index (κ3) is 2.88. The predicted molar refractivity (Wildman–Crippen MR) is 87.4 cm³/mol. The van der Waals surface area contributed by atoms with Crippen LogP contribution in [0.25, 0.3) is 10.8 Å². The summed E-state index contributed by atoms with van der Waals surface area (Å²) in [6, 6.07) is 10.3. The Kier molecular flexibility index (Phi) is 4.11. The summed E-state index contributed by atoms with van der Waals surface area (Å²) >= 11 is 0. The Bertz CT molecular complexity index is 616. The lowest BCUT2D eigenvalue weighted by atomic mass is 9.86. The van der Waals surface area contributed by atoms with Crippen molar-refractivity contribution in [3.63, 3.8) is 0 Å². The standard InChI is InChI=1S/C18H24N2O/c1-13(2)14-7-9-20(10-8-14)18-17-6-4-3-5-15(17)11-16(12-21)19-18/h3-6,11,13-14,21H,7-10,12H2,1-2H3. The van der Waals surface area contributed by atoms with Crippen LogP contribution in [0.1, 0.15) is 32.4 Å². The maximum absolute atomic E-state index is 9.45. The molecular weight excluding hydrogens is 260 g/mol. The van der Waals surface area contributed by atoms with E-state index in [1.54, 1.807) is 0 Å². The van der Waals surface area contributed by atoms with Crippen LogP contribution < -0.4 is 4.90 Å². The molecule has 3 nitrogen and oxygen atoms in total. The van der Waals surface area contributed by atoms with Gasteiger partial charge in [0.2, 0.25) is 0 Å². The monoisotopic (exact) mass is 284 g/mol. The van der Waals surface area contributed by atoms with E-state index in [0.717, 1.165) is 41.8 Å². The zero-order valence-corrected chi connectivity index (χ0v) is 12.9. The second kappa shape index (κ2) is 6.02. The van der Waals surface area contributed by atoms with Crippen molar-refractivity contribution in [1.29, 1.82) is 0 Å². The van der Waals surface area contributed by atoms with Gasteiger partial charge in [-0.15, -0.1) is 0 Å². The molecule has 0 radical (unpaired) electrons. The average molecular weight is 284 g/mol. The van der Waals surface area contributed by atoms with Crippen LogP contribution in [-0.4, -0.2) is 23.2 Å². The largest absolute Gasteiger partial charge is 0.390 e. The summed E-state index contributed by atoms with van der Waals surface area (Å²) in [5, 5.41) is 11.8. The number of pyridine rings is 1. The highest BCUT2D eigenvalue weighted by atomic mass is 16.3. The van der Waals surface area contributed by atoms with Crippen LogP contribution in [0.4, 0.5) is 5.82 Å². The zero-order chi connectivity index (χ0) is 14.8.